The Labute approximate surface area is 187 Å². The molecule has 0 saturated heterocycles. The summed E-state index contributed by atoms with van der Waals surface area (Å²) >= 11 is 0. The lowest BCUT2D eigenvalue weighted by Gasteiger charge is -2.17. The molecule has 0 bridgehead atoms. The number of anilines is 1. The lowest BCUT2D eigenvalue weighted by atomic mass is 10.1. The smallest absolute Gasteiger partial charge is 0.375 e. The lowest BCUT2D eigenvalue weighted by molar-refractivity contribution is -0.301. The zero-order valence-electron chi connectivity index (χ0n) is 18.2. The van der Waals surface area contributed by atoms with Crippen molar-refractivity contribution in [3.05, 3.63) is 95.1 Å². The van der Waals surface area contributed by atoms with Gasteiger partial charge in [-0.2, -0.15) is 4.89 Å². The molecule has 3 rings (SSSR count). The highest BCUT2D eigenvalue weighted by atomic mass is 17.2. The SMILES string of the molecule is CC(C)(C)OOC(=O)c1ccc(/C=C/c2ccccc2O)cc1NC(=O)c1ccccc1. The van der Waals surface area contributed by atoms with Gasteiger partial charge in [0.05, 0.1) is 11.3 Å². The van der Waals surface area contributed by atoms with Gasteiger partial charge in [-0.25, -0.2) is 4.79 Å². The summed E-state index contributed by atoms with van der Waals surface area (Å²) in [7, 11) is 0. The molecular weight excluding hydrogens is 406 g/mol. The molecule has 3 aromatic carbocycles. The van der Waals surface area contributed by atoms with E-state index in [0.29, 0.717) is 16.7 Å². The van der Waals surface area contributed by atoms with Gasteiger partial charge in [0.25, 0.3) is 5.91 Å². The van der Waals surface area contributed by atoms with Crippen molar-refractivity contribution >= 4 is 29.7 Å². The molecule has 6 nitrogen and oxygen atoms in total. The summed E-state index contributed by atoms with van der Waals surface area (Å²) in [6.45, 7) is 5.27. The minimum atomic E-state index is -0.723. The Bertz CT molecular complexity index is 1130. The summed E-state index contributed by atoms with van der Waals surface area (Å²) in [5.74, 6) is -0.932. The number of hydrogen-bond donors (Lipinski definition) is 2. The van der Waals surface area contributed by atoms with Crippen molar-refractivity contribution in [2.45, 2.75) is 26.4 Å². The maximum atomic E-state index is 12.7. The van der Waals surface area contributed by atoms with E-state index in [0.717, 1.165) is 0 Å². The number of carbonyl (C=O) groups is 2. The largest absolute Gasteiger partial charge is 0.507 e. The Balaban J connectivity index is 1.91. The van der Waals surface area contributed by atoms with Crippen LogP contribution in [-0.2, 0) is 9.78 Å². The third kappa shape index (κ3) is 6.30. The molecule has 0 atom stereocenters. The molecule has 0 radical (unpaired) electrons. The summed E-state index contributed by atoms with van der Waals surface area (Å²) in [5, 5.41) is 12.7. The number of aromatic hydroxyl groups is 1. The number of nitrogens with one attached hydrogen (secondary N) is 1. The number of para-hydroxylation sites is 1. The van der Waals surface area contributed by atoms with Crippen molar-refractivity contribution in [2.75, 3.05) is 5.32 Å². The fraction of sp³-hybridized carbons (Fsp3) is 0.154. The van der Waals surface area contributed by atoms with Crippen molar-refractivity contribution in [3.8, 4) is 5.75 Å². The first-order chi connectivity index (χ1) is 15.2. The van der Waals surface area contributed by atoms with Gasteiger partial charge in [0.15, 0.2) is 0 Å². The molecule has 0 heterocycles. The first-order valence-electron chi connectivity index (χ1n) is 10.1. The molecule has 0 spiro atoms. The zero-order chi connectivity index (χ0) is 23.1. The van der Waals surface area contributed by atoms with Crippen LogP contribution in [-0.4, -0.2) is 22.6 Å². The van der Waals surface area contributed by atoms with Gasteiger partial charge in [-0.1, -0.05) is 54.6 Å². The van der Waals surface area contributed by atoms with Gasteiger partial charge >= 0.3 is 5.97 Å². The number of amides is 1. The Hall–Kier alpha value is -3.90. The molecule has 0 unspecified atom stereocenters. The molecule has 2 N–H and O–H groups in total. The number of carbonyl (C=O) groups excluding carboxylic acids is 2. The Morgan fingerprint density at radius 2 is 1.59 bits per heavy atom. The van der Waals surface area contributed by atoms with Crippen LogP contribution in [0.5, 0.6) is 5.75 Å². The minimum absolute atomic E-state index is 0.151. The molecular formula is C26H25NO5. The van der Waals surface area contributed by atoms with Gasteiger partial charge in [-0.15, -0.1) is 0 Å². The summed E-state index contributed by atoms with van der Waals surface area (Å²) < 4.78 is 0. The van der Waals surface area contributed by atoms with Crippen molar-refractivity contribution in [2.24, 2.45) is 0 Å². The van der Waals surface area contributed by atoms with Crippen molar-refractivity contribution in [1.29, 1.82) is 0 Å². The van der Waals surface area contributed by atoms with Gasteiger partial charge < -0.3 is 10.4 Å². The van der Waals surface area contributed by atoms with Gasteiger partial charge in [-0.3, -0.25) is 9.68 Å². The van der Waals surface area contributed by atoms with E-state index in [9.17, 15) is 14.7 Å². The van der Waals surface area contributed by atoms with Crippen LogP contribution < -0.4 is 5.32 Å². The molecule has 0 aromatic heterocycles. The molecule has 1 amide bonds. The fourth-order valence-electron chi connectivity index (χ4n) is 2.75. The van der Waals surface area contributed by atoms with Crippen molar-refractivity contribution in [3.63, 3.8) is 0 Å². The highest BCUT2D eigenvalue weighted by Crippen LogP contribution is 2.24. The molecule has 6 heteroatoms. The number of phenols is 1. The van der Waals surface area contributed by atoms with Crippen LogP contribution in [0.4, 0.5) is 5.69 Å². The van der Waals surface area contributed by atoms with E-state index < -0.39 is 11.6 Å². The standard InChI is InChI=1S/C26H25NO5/c1-26(2,3)32-31-25(30)21-16-14-18(13-15-19-9-7-8-12-23(19)28)17-22(21)27-24(29)20-10-5-4-6-11-20/h4-17,28H,1-3H3,(H,27,29)/b15-13+. The van der Waals surface area contributed by atoms with E-state index in [-0.39, 0.29) is 22.9 Å². The summed E-state index contributed by atoms with van der Waals surface area (Å²) in [4.78, 5) is 35.4. The average Bonchev–Trinajstić information content (AvgIpc) is 2.77. The van der Waals surface area contributed by atoms with Gasteiger partial charge in [0.1, 0.15) is 11.4 Å². The summed E-state index contributed by atoms with van der Waals surface area (Å²) in [6, 6.07) is 20.5. The van der Waals surface area contributed by atoms with Crippen LogP contribution in [0.1, 0.15) is 52.6 Å². The highest BCUT2D eigenvalue weighted by molar-refractivity contribution is 6.08. The van der Waals surface area contributed by atoms with Crippen LogP contribution in [0.2, 0.25) is 0 Å². The monoisotopic (exact) mass is 431 g/mol. The van der Waals surface area contributed by atoms with Gasteiger partial charge in [0, 0.05) is 11.1 Å². The summed E-state index contributed by atoms with van der Waals surface area (Å²) in [5.41, 5.74) is 1.56. The van der Waals surface area contributed by atoms with Crippen molar-refractivity contribution in [1.82, 2.24) is 0 Å². The van der Waals surface area contributed by atoms with E-state index >= 15 is 0 Å². The Morgan fingerprint density at radius 1 is 0.906 bits per heavy atom. The normalized spacial score (nSPS) is 11.3. The number of phenolic OH excluding ortho intramolecular Hbond substituents is 1. The average molecular weight is 431 g/mol. The van der Waals surface area contributed by atoms with Crippen LogP contribution in [0, 0.1) is 0 Å². The first-order valence-corrected chi connectivity index (χ1v) is 10.1. The maximum absolute atomic E-state index is 12.7. The molecule has 32 heavy (non-hydrogen) atoms. The molecule has 3 aromatic rings. The molecule has 0 saturated carbocycles. The van der Waals surface area contributed by atoms with Crippen LogP contribution in [0.3, 0.4) is 0 Å². The third-order valence-electron chi connectivity index (χ3n) is 4.31. The second kappa shape index (κ2) is 9.94. The quantitative estimate of drug-likeness (QED) is 0.297. The Morgan fingerprint density at radius 3 is 2.28 bits per heavy atom. The maximum Gasteiger partial charge on any atom is 0.375 e. The lowest BCUT2D eigenvalue weighted by Crippen LogP contribution is -2.23. The van der Waals surface area contributed by atoms with Crippen molar-refractivity contribution < 1.29 is 24.5 Å². The predicted octanol–water partition coefficient (Wildman–Crippen LogP) is 5.70. The molecule has 0 fully saturated rings. The van der Waals surface area contributed by atoms with E-state index in [1.54, 1.807) is 93.6 Å². The number of hydrogen-bond acceptors (Lipinski definition) is 5. The van der Waals surface area contributed by atoms with Gasteiger partial charge in [-0.05, 0) is 56.7 Å². The minimum Gasteiger partial charge on any atom is -0.507 e. The fourth-order valence-corrected chi connectivity index (χ4v) is 2.75. The second-order valence-corrected chi connectivity index (χ2v) is 8.08. The molecule has 164 valence electrons. The van der Waals surface area contributed by atoms with Gasteiger partial charge in [0.2, 0.25) is 0 Å². The predicted molar refractivity (Wildman–Crippen MR) is 124 cm³/mol. The third-order valence-corrected chi connectivity index (χ3v) is 4.31. The van der Waals surface area contributed by atoms with E-state index in [2.05, 4.69) is 5.32 Å². The molecule has 0 aliphatic rings. The summed E-state index contributed by atoms with van der Waals surface area (Å²) in [6.07, 6.45) is 3.52. The van der Waals surface area contributed by atoms with Crippen LogP contribution >= 0.6 is 0 Å². The van der Waals surface area contributed by atoms with E-state index in [1.807, 2.05) is 12.1 Å². The topological polar surface area (TPSA) is 84.9 Å². The molecule has 0 aliphatic heterocycles. The zero-order valence-corrected chi connectivity index (χ0v) is 18.2. The van der Waals surface area contributed by atoms with Crippen LogP contribution in [0.25, 0.3) is 12.2 Å². The second-order valence-electron chi connectivity index (χ2n) is 8.08. The van der Waals surface area contributed by atoms with E-state index in [1.165, 1.54) is 0 Å². The molecule has 0 aliphatic carbocycles. The first kappa shape index (κ1) is 22.8. The highest BCUT2D eigenvalue weighted by Gasteiger charge is 2.20. The number of benzene rings is 3. The van der Waals surface area contributed by atoms with Crippen LogP contribution in [0.15, 0.2) is 72.8 Å². The van der Waals surface area contributed by atoms with E-state index in [4.69, 9.17) is 9.78 Å². The Kier molecular flexibility index (Phi) is 7.07. The number of rotatable bonds is 6.